The van der Waals surface area contributed by atoms with E-state index in [2.05, 4.69) is 37.2 Å². The Morgan fingerprint density at radius 1 is 1.15 bits per heavy atom. The minimum Gasteiger partial charge on any atom is -0.395 e. The monoisotopic (exact) mass is 365 g/mol. The lowest BCUT2D eigenvalue weighted by atomic mass is 9.89. The van der Waals surface area contributed by atoms with E-state index >= 15 is 0 Å². The Morgan fingerprint density at radius 2 is 1.81 bits per heavy atom. The van der Waals surface area contributed by atoms with E-state index in [-0.39, 0.29) is 17.6 Å². The quantitative estimate of drug-likeness (QED) is 0.335. The average Bonchev–Trinajstić information content (AvgIpc) is 2.68. The van der Waals surface area contributed by atoms with Gasteiger partial charge in [-0.1, -0.05) is 93.1 Å². The smallest absolute Gasteiger partial charge is 0.167 e. The summed E-state index contributed by atoms with van der Waals surface area (Å²) in [5, 5.41) is 4.48. The zero-order valence-electron chi connectivity index (χ0n) is 17.1. The number of hydrogen-bond donors (Lipinski definition) is 0. The highest BCUT2D eigenvalue weighted by molar-refractivity contribution is 6.29. The maximum Gasteiger partial charge on any atom is 0.167 e. The van der Waals surface area contributed by atoms with E-state index in [4.69, 9.17) is 4.84 Å². The molecule has 27 heavy (non-hydrogen) atoms. The van der Waals surface area contributed by atoms with Crippen LogP contribution in [-0.4, -0.2) is 18.1 Å². The van der Waals surface area contributed by atoms with Gasteiger partial charge in [-0.25, -0.2) is 0 Å². The molecule has 2 unspecified atom stereocenters. The summed E-state index contributed by atoms with van der Waals surface area (Å²) in [4.78, 5) is 18.7. The largest absolute Gasteiger partial charge is 0.395 e. The van der Waals surface area contributed by atoms with Crippen LogP contribution in [0, 0.1) is 17.8 Å². The lowest BCUT2D eigenvalue weighted by Gasteiger charge is -2.20. The van der Waals surface area contributed by atoms with Gasteiger partial charge in [-0.15, -0.1) is 0 Å². The summed E-state index contributed by atoms with van der Waals surface area (Å²) in [6.45, 7) is 10.6. The van der Waals surface area contributed by atoms with Crippen molar-refractivity contribution >= 4 is 11.5 Å². The zero-order valence-corrected chi connectivity index (χ0v) is 17.1. The maximum atomic E-state index is 13.0. The Kier molecular flexibility index (Phi) is 7.78. The van der Waals surface area contributed by atoms with Crippen LogP contribution in [0.15, 0.2) is 70.9 Å². The fourth-order valence-corrected chi connectivity index (χ4v) is 2.99. The number of benzene rings is 1. The van der Waals surface area contributed by atoms with Crippen LogP contribution >= 0.6 is 0 Å². The third-order valence-electron chi connectivity index (χ3n) is 4.99. The molecule has 0 aliphatic heterocycles. The summed E-state index contributed by atoms with van der Waals surface area (Å²) < 4.78 is 0. The molecule has 0 heterocycles. The second-order valence-corrected chi connectivity index (χ2v) is 7.42. The van der Waals surface area contributed by atoms with Crippen molar-refractivity contribution in [3.8, 4) is 0 Å². The molecular formula is C24H31NO2. The van der Waals surface area contributed by atoms with Crippen LogP contribution in [0.2, 0.25) is 0 Å². The van der Waals surface area contributed by atoms with Gasteiger partial charge in [0.15, 0.2) is 5.78 Å². The van der Waals surface area contributed by atoms with Gasteiger partial charge in [-0.2, -0.15) is 0 Å². The van der Waals surface area contributed by atoms with Crippen molar-refractivity contribution in [2.45, 2.75) is 41.0 Å². The van der Waals surface area contributed by atoms with Gasteiger partial charge in [0.05, 0.1) is 0 Å². The summed E-state index contributed by atoms with van der Waals surface area (Å²) in [7, 11) is 0. The van der Waals surface area contributed by atoms with Crippen molar-refractivity contribution in [2.75, 3.05) is 6.61 Å². The zero-order chi connectivity index (χ0) is 19.8. The SMILES string of the molecule is CCC(C)=C(C(=O)C(C)C)C(=NOCC1C=CC=CC1C)c1ccccc1. The Hall–Kier alpha value is -2.42. The first kappa shape index (κ1) is 20.9. The van der Waals surface area contributed by atoms with Crippen LogP contribution < -0.4 is 0 Å². The van der Waals surface area contributed by atoms with Gasteiger partial charge in [0.25, 0.3) is 0 Å². The Bertz CT molecular complexity index is 754. The molecule has 2 rings (SSSR count). The van der Waals surface area contributed by atoms with Crippen LogP contribution in [0.1, 0.15) is 46.6 Å². The summed E-state index contributed by atoms with van der Waals surface area (Å²) in [6.07, 6.45) is 9.23. The number of allylic oxidation sites excluding steroid dienone is 5. The fourth-order valence-electron chi connectivity index (χ4n) is 2.99. The molecule has 0 fully saturated rings. The van der Waals surface area contributed by atoms with Crippen molar-refractivity contribution < 1.29 is 9.63 Å². The third-order valence-corrected chi connectivity index (χ3v) is 4.99. The molecule has 3 heteroatoms. The second kappa shape index (κ2) is 10.1. The highest BCUT2D eigenvalue weighted by Crippen LogP contribution is 2.22. The van der Waals surface area contributed by atoms with Crippen LogP contribution in [0.25, 0.3) is 0 Å². The number of carbonyl (C=O) groups excluding carboxylic acids is 1. The molecule has 1 aliphatic rings. The number of hydrogen-bond acceptors (Lipinski definition) is 3. The van der Waals surface area contributed by atoms with Crippen molar-refractivity contribution in [3.05, 3.63) is 71.3 Å². The molecule has 1 aromatic rings. The number of nitrogens with zero attached hydrogens (tertiary/aromatic N) is 1. The molecule has 1 aromatic carbocycles. The lowest BCUT2D eigenvalue weighted by molar-refractivity contribution is -0.117. The highest BCUT2D eigenvalue weighted by Gasteiger charge is 2.23. The molecule has 144 valence electrons. The van der Waals surface area contributed by atoms with Gasteiger partial charge in [-0.05, 0) is 19.3 Å². The minimum absolute atomic E-state index is 0.0955. The van der Waals surface area contributed by atoms with Crippen LogP contribution in [-0.2, 0) is 9.63 Å². The Morgan fingerprint density at radius 3 is 2.41 bits per heavy atom. The number of rotatable bonds is 8. The first-order valence-corrected chi connectivity index (χ1v) is 9.80. The van der Waals surface area contributed by atoms with Crippen LogP contribution in [0.4, 0.5) is 0 Å². The first-order valence-electron chi connectivity index (χ1n) is 9.80. The summed E-state index contributed by atoms with van der Waals surface area (Å²) in [6, 6.07) is 9.83. The number of Topliss-reactive ketones (excluding diaryl/α,β-unsaturated/α-hetero) is 1. The van der Waals surface area contributed by atoms with Crippen molar-refractivity contribution in [3.63, 3.8) is 0 Å². The van der Waals surface area contributed by atoms with E-state index in [1.54, 1.807) is 0 Å². The van der Waals surface area contributed by atoms with E-state index in [1.165, 1.54) is 0 Å². The highest BCUT2D eigenvalue weighted by atomic mass is 16.6. The van der Waals surface area contributed by atoms with Gasteiger partial charge in [0, 0.05) is 23.0 Å². The van der Waals surface area contributed by atoms with Gasteiger partial charge < -0.3 is 4.84 Å². The molecule has 0 N–H and O–H groups in total. The van der Waals surface area contributed by atoms with Crippen LogP contribution in [0.3, 0.4) is 0 Å². The number of oxime groups is 1. The number of ketones is 1. The van der Waals surface area contributed by atoms with E-state index < -0.39 is 0 Å². The molecule has 0 radical (unpaired) electrons. The van der Waals surface area contributed by atoms with Gasteiger partial charge in [0.1, 0.15) is 12.3 Å². The second-order valence-electron chi connectivity index (χ2n) is 7.42. The first-order chi connectivity index (χ1) is 13.0. The van der Waals surface area contributed by atoms with E-state index in [0.717, 1.165) is 17.6 Å². The van der Waals surface area contributed by atoms with Crippen molar-refractivity contribution in [2.24, 2.45) is 22.9 Å². The molecule has 0 saturated carbocycles. The molecule has 0 spiro atoms. The molecule has 1 aliphatic carbocycles. The third kappa shape index (κ3) is 5.53. The lowest BCUT2D eigenvalue weighted by Crippen LogP contribution is -2.22. The predicted molar refractivity (Wildman–Crippen MR) is 113 cm³/mol. The average molecular weight is 366 g/mol. The maximum absolute atomic E-state index is 13.0. The Labute approximate surface area is 163 Å². The molecule has 0 bridgehead atoms. The Balaban J connectivity index is 2.37. The van der Waals surface area contributed by atoms with Gasteiger partial charge in [-0.3, -0.25) is 4.79 Å². The minimum atomic E-state index is -0.0955. The van der Waals surface area contributed by atoms with Gasteiger partial charge in [0.2, 0.25) is 0 Å². The number of carbonyl (C=O) groups is 1. The molecule has 0 saturated heterocycles. The van der Waals surface area contributed by atoms with Crippen LogP contribution in [0.5, 0.6) is 0 Å². The molecule has 0 amide bonds. The molecule has 0 aromatic heterocycles. The molecular weight excluding hydrogens is 334 g/mol. The molecule has 3 nitrogen and oxygen atoms in total. The summed E-state index contributed by atoms with van der Waals surface area (Å²) in [5.41, 5.74) is 3.26. The fraction of sp³-hybridized carbons (Fsp3) is 0.417. The van der Waals surface area contributed by atoms with Crippen molar-refractivity contribution in [1.29, 1.82) is 0 Å². The predicted octanol–water partition coefficient (Wildman–Crippen LogP) is 5.74. The summed E-state index contributed by atoms with van der Waals surface area (Å²) >= 11 is 0. The normalized spacial score (nSPS) is 20.6. The van der Waals surface area contributed by atoms with Gasteiger partial charge >= 0.3 is 0 Å². The standard InChI is InChI=1S/C24H31NO2/c1-6-18(4)22(24(26)17(2)3)23(20-13-8-7-9-14-20)25-27-16-21-15-11-10-12-19(21)5/h7-15,17,19,21H,6,16H2,1-5H3. The van der Waals surface area contributed by atoms with E-state index in [0.29, 0.717) is 23.8 Å². The van der Waals surface area contributed by atoms with Crippen molar-refractivity contribution in [1.82, 2.24) is 0 Å². The summed E-state index contributed by atoms with van der Waals surface area (Å²) in [5.74, 6) is 0.711. The molecule has 2 atom stereocenters. The van der Waals surface area contributed by atoms with E-state index in [1.807, 2.05) is 57.2 Å². The topological polar surface area (TPSA) is 38.7 Å². The van der Waals surface area contributed by atoms with E-state index in [9.17, 15) is 4.79 Å².